The van der Waals surface area contributed by atoms with E-state index in [1.165, 1.54) is 0 Å². The number of pyridine rings is 1. The van der Waals surface area contributed by atoms with Crippen LogP contribution in [-0.4, -0.2) is 11.0 Å². The Labute approximate surface area is 91.1 Å². The van der Waals surface area contributed by atoms with Crippen LogP contribution in [0, 0.1) is 18.3 Å². The summed E-state index contributed by atoms with van der Waals surface area (Å²) >= 11 is 0. The van der Waals surface area contributed by atoms with Gasteiger partial charge in [0.25, 0.3) is 0 Å². The van der Waals surface area contributed by atoms with Crippen molar-refractivity contribution in [2.75, 3.05) is 5.32 Å². The third-order valence-corrected chi connectivity index (χ3v) is 2.38. The van der Waals surface area contributed by atoms with Gasteiger partial charge in [0.1, 0.15) is 11.9 Å². The first-order valence-corrected chi connectivity index (χ1v) is 5.31. The van der Waals surface area contributed by atoms with Gasteiger partial charge >= 0.3 is 0 Å². The molecular weight excluding hydrogens is 186 g/mol. The molecule has 15 heavy (non-hydrogen) atoms. The maximum atomic E-state index is 9.01. The minimum atomic E-state index is 0.358. The van der Waals surface area contributed by atoms with Gasteiger partial charge in [-0.3, -0.25) is 0 Å². The van der Waals surface area contributed by atoms with Crippen molar-refractivity contribution in [3.8, 4) is 6.07 Å². The van der Waals surface area contributed by atoms with Gasteiger partial charge in [-0.25, -0.2) is 4.98 Å². The minimum absolute atomic E-state index is 0.358. The zero-order valence-electron chi connectivity index (χ0n) is 9.54. The molecule has 0 radical (unpaired) electrons. The Balaban J connectivity index is 2.86. The Hall–Kier alpha value is -1.56. The molecule has 0 saturated carbocycles. The lowest BCUT2D eigenvalue weighted by Gasteiger charge is -2.14. The van der Waals surface area contributed by atoms with Gasteiger partial charge in [-0.05, 0) is 31.9 Å². The average Bonchev–Trinajstić information content (AvgIpc) is 2.18. The van der Waals surface area contributed by atoms with Crippen LogP contribution in [0.3, 0.4) is 0 Å². The van der Waals surface area contributed by atoms with Crippen LogP contribution < -0.4 is 5.32 Å². The first-order valence-electron chi connectivity index (χ1n) is 5.31. The van der Waals surface area contributed by atoms with Crippen molar-refractivity contribution in [2.45, 2.75) is 39.7 Å². The van der Waals surface area contributed by atoms with Gasteiger partial charge < -0.3 is 5.32 Å². The normalized spacial score (nSPS) is 11.9. The molecule has 0 aliphatic rings. The number of aryl methyl sites for hydroxylation is 1. The third-order valence-electron chi connectivity index (χ3n) is 2.38. The Morgan fingerprint density at radius 1 is 1.60 bits per heavy atom. The number of nitrogens with zero attached hydrogens (tertiary/aromatic N) is 2. The highest BCUT2D eigenvalue weighted by molar-refractivity contribution is 5.55. The highest BCUT2D eigenvalue weighted by Crippen LogP contribution is 2.16. The maximum Gasteiger partial charge on any atom is 0.144 e. The zero-order chi connectivity index (χ0) is 11.3. The number of nitriles is 1. The van der Waals surface area contributed by atoms with E-state index < -0.39 is 0 Å². The first-order chi connectivity index (χ1) is 7.19. The van der Waals surface area contributed by atoms with Crippen LogP contribution in [0.25, 0.3) is 0 Å². The lowest BCUT2D eigenvalue weighted by atomic mass is 10.1. The van der Waals surface area contributed by atoms with Gasteiger partial charge in [0.2, 0.25) is 0 Å². The van der Waals surface area contributed by atoms with Crippen LogP contribution in [0.4, 0.5) is 5.82 Å². The molecule has 1 N–H and O–H groups in total. The first kappa shape index (κ1) is 11.5. The van der Waals surface area contributed by atoms with E-state index in [0.29, 0.717) is 17.4 Å². The summed E-state index contributed by atoms with van der Waals surface area (Å²) in [5.41, 5.74) is 1.62. The molecule has 1 unspecified atom stereocenters. The second kappa shape index (κ2) is 5.35. The topological polar surface area (TPSA) is 48.7 Å². The zero-order valence-corrected chi connectivity index (χ0v) is 9.54. The number of hydrogen-bond donors (Lipinski definition) is 1. The number of anilines is 1. The lowest BCUT2D eigenvalue weighted by Crippen LogP contribution is -2.16. The van der Waals surface area contributed by atoms with E-state index >= 15 is 0 Å². The molecule has 1 rings (SSSR count). The molecule has 3 heteroatoms. The van der Waals surface area contributed by atoms with E-state index in [2.05, 4.69) is 30.2 Å². The number of hydrogen-bond acceptors (Lipinski definition) is 3. The Morgan fingerprint density at radius 3 is 2.93 bits per heavy atom. The second-order valence-electron chi connectivity index (χ2n) is 3.80. The molecule has 0 aromatic carbocycles. The molecule has 0 saturated heterocycles. The predicted molar refractivity (Wildman–Crippen MR) is 61.7 cm³/mol. The molecule has 1 aromatic rings. The summed E-state index contributed by atoms with van der Waals surface area (Å²) in [5, 5.41) is 12.3. The molecule has 3 nitrogen and oxygen atoms in total. The second-order valence-corrected chi connectivity index (χ2v) is 3.80. The van der Waals surface area contributed by atoms with Crippen LogP contribution in [0.1, 0.15) is 37.8 Å². The molecule has 0 amide bonds. The van der Waals surface area contributed by atoms with Crippen molar-refractivity contribution in [1.82, 2.24) is 4.98 Å². The van der Waals surface area contributed by atoms with E-state index in [-0.39, 0.29) is 0 Å². The molecule has 1 atom stereocenters. The van der Waals surface area contributed by atoms with Gasteiger partial charge in [-0.2, -0.15) is 5.26 Å². The monoisotopic (exact) mass is 203 g/mol. The number of aromatic nitrogens is 1. The van der Waals surface area contributed by atoms with Crippen molar-refractivity contribution in [3.63, 3.8) is 0 Å². The fourth-order valence-corrected chi connectivity index (χ4v) is 1.55. The van der Waals surface area contributed by atoms with E-state index in [9.17, 15) is 0 Å². The van der Waals surface area contributed by atoms with Crippen molar-refractivity contribution in [3.05, 3.63) is 23.4 Å². The molecule has 1 heterocycles. The predicted octanol–water partition coefficient (Wildman–Crippen LogP) is 2.86. The molecule has 0 aliphatic heterocycles. The van der Waals surface area contributed by atoms with E-state index in [4.69, 9.17) is 5.26 Å². The summed E-state index contributed by atoms with van der Waals surface area (Å²) in [6.45, 7) is 6.18. The van der Waals surface area contributed by atoms with Crippen LogP contribution in [0.2, 0.25) is 0 Å². The van der Waals surface area contributed by atoms with E-state index in [0.717, 1.165) is 18.4 Å². The Kier molecular flexibility index (Phi) is 4.11. The van der Waals surface area contributed by atoms with Crippen LogP contribution in [0.5, 0.6) is 0 Å². The van der Waals surface area contributed by atoms with Gasteiger partial charge in [-0.15, -0.1) is 0 Å². The van der Waals surface area contributed by atoms with Crippen LogP contribution >= 0.6 is 0 Å². The number of rotatable bonds is 4. The SMILES string of the molecule is CCCC(C)Nc1nccc(C)c1C#N. The Morgan fingerprint density at radius 2 is 2.33 bits per heavy atom. The molecule has 0 fully saturated rings. The molecule has 0 aliphatic carbocycles. The molecule has 80 valence electrons. The largest absolute Gasteiger partial charge is 0.367 e. The van der Waals surface area contributed by atoms with Gasteiger partial charge in [-0.1, -0.05) is 13.3 Å². The molecule has 1 aromatic heterocycles. The highest BCUT2D eigenvalue weighted by atomic mass is 15.0. The van der Waals surface area contributed by atoms with Crippen molar-refractivity contribution < 1.29 is 0 Å². The standard InChI is InChI=1S/C12H17N3/c1-4-5-10(3)15-12-11(8-13)9(2)6-7-14-12/h6-7,10H,4-5H2,1-3H3,(H,14,15). The fraction of sp³-hybridized carbons (Fsp3) is 0.500. The fourth-order valence-electron chi connectivity index (χ4n) is 1.55. The van der Waals surface area contributed by atoms with Gasteiger partial charge in [0.05, 0.1) is 5.56 Å². The summed E-state index contributed by atoms with van der Waals surface area (Å²) in [6.07, 6.45) is 3.94. The van der Waals surface area contributed by atoms with Crippen molar-refractivity contribution >= 4 is 5.82 Å². The Bertz CT molecular complexity index is 366. The summed E-state index contributed by atoms with van der Waals surface area (Å²) in [5.74, 6) is 0.707. The minimum Gasteiger partial charge on any atom is -0.367 e. The molecular formula is C12H17N3. The highest BCUT2D eigenvalue weighted by Gasteiger charge is 2.08. The maximum absolute atomic E-state index is 9.01. The van der Waals surface area contributed by atoms with Gasteiger partial charge in [0, 0.05) is 12.2 Å². The summed E-state index contributed by atoms with van der Waals surface area (Å²) < 4.78 is 0. The molecule has 0 spiro atoms. The van der Waals surface area contributed by atoms with E-state index in [1.54, 1.807) is 6.20 Å². The number of nitrogens with one attached hydrogen (secondary N) is 1. The summed E-state index contributed by atoms with van der Waals surface area (Å²) in [4.78, 5) is 4.20. The van der Waals surface area contributed by atoms with Crippen molar-refractivity contribution in [1.29, 1.82) is 5.26 Å². The third kappa shape index (κ3) is 2.95. The van der Waals surface area contributed by atoms with Crippen LogP contribution in [0.15, 0.2) is 12.3 Å². The molecule has 0 bridgehead atoms. The average molecular weight is 203 g/mol. The smallest absolute Gasteiger partial charge is 0.144 e. The van der Waals surface area contributed by atoms with Crippen molar-refractivity contribution in [2.24, 2.45) is 0 Å². The lowest BCUT2D eigenvalue weighted by molar-refractivity contribution is 0.687. The summed E-state index contributed by atoms with van der Waals surface area (Å²) in [6, 6.07) is 4.40. The summed E-state index contributed by atoms with van der Waals surface area (Å²) in [7, 11) is 0. The van der Waals surface area contributed by atoms with Gasteiger partial charge in [0.15, 0.2) is 0 Å². The quantitative estimate of drug-likeness (QED) is 0.818. The van der Waals surface area contributed by atoms with Crippen LogP contribution in [-0.2, 0) is 0 Å². The van der Waals surface area contributed by atoms with E-state index in [1.807, 2.05) is 13.0 Å².